The average molecular weight is 271 g/mol. The van der Waals surface area contributed by atoms with E-state index >= 15 is 0 Å². The van der Waals surface area contributed by atoms with Gasteiger partial charge in [0, 0.05) is 38.6 Å². The zero-order chi connectivity index (χ0) is 13.3. The fourth-order valence-corrected chi connectivity index (χ4v) is 4.01. The van der Waals surface area contributed by atoms with Gasteiger partial charge in [0.1, 0.15) is 0 Å². The summed E-state index contributed by atoms with van der Waals surface area (Å²) in [5.41, 5.74) is 6.01. The largest absolute Gasteiger partial charge is 0.356 e. The quantitative estimate of drug-likeness (QED) is 0.883. The Bertz CT molecular complexity index is 509. The molecule has 2 N–H and O–H groups in total. The standard InChI is InChI=1S/C12H21N3O2S/c1-3-10-8-15(7-5-12(10)13)18(16,17)11-4-6-14(2)9-11/h4,6,9-10,12H,3,5,7-8,13H2,1-2H3. The van der Waals surface area contributed by atoms with Gasteiger partial charge in [0.05, 0.1) is 4.90 Å². The smallest absolute Gasteiger partial charge is 0.244 e. The normalized spacial score (nSPS) is 26.4. The van der Waals surface area contributed by atoms with Crippen LogP contribution in [-0.2, 0) is 17.1 Å². The van der Waals surface area contributed by atoms with Crippen LogP contribution in [0, 0.1) is 5.92 Å². The number of aromatic nitrogens is 1. The highest BCUT2D eigenvalue weighted by Crippen LogP contribution is 2.24. The topological polar surface area (TPSA) is 68.3 Å². The van der Waals surface area contributed by atoms with E-state index in [0.29, 0.717) is 18.0 Å². The van der Waals surface area contributed by atoms with Gasteiger partial charge in [-0.3, -0.25) is 0 Å². The van der Waals surface area contributed by atoms with Crippen LogP contribution < -0.4 is 5.73 Å². The minimum atomic E-state index is -3.35. The van der Waals surface area contributed by atoms with Crippen molar-refractivity contribution in [1.82, 2.24) is 8.87 Å². The fraction of sp³-hybridized carbons (Fsp3) is 0.667. The van der Waals surface area contributed by atoms with Gasteiger partial charge in [-0.25, -0.2) is 8.42 Å². The Morgan fingerprint density at radius 3 is 2.78 bits per heavy atom. The molecule has 1 aliphatic heterocycles. The number of hydrogen-bond donors (Lipinski definition) is 1. The highest BCUT2D eigenvalue weighted by Gasteiger charge is 2.33. The predicted octanol–water partition coefficient (Wildman–Crippen LogP) is 0.773. The average Bonchev–Trinajstić information content (AvgIpc) is 2.77. The van der Waals surface area contributed by atoms with E-state index in [1.807, 2.05) is 7.05 Å². The van der Waals surface area contributed by atoms with Crippen LogP contribution in [0.4, 0.5) is 0 Å². The molecule has 102 valence electrons. The Labute approximate surface area is 109 Å². The molecule has 2 atom stereocenters. The SMILES string of the molecule is CCC1CN(S(=O)(=O)c2ccn(C)c2)CCC1N. The van der Waals surface area contributed by atoms with E-state index in [1.54, 1.807) is 27.3 Å². The molecule has 0 bridgehead atoms. The molecule has 2 rings (SSSR count). The molecule has 1 aromatic rings. The van der Waals surface area contributed by atoms with Crippen molar-refractivity contribution in [1.29, 1.82) is 0 Å². The van der Waals surface area contributed by atoms with Crippen LogP contribution in [0.1, 0.15) is 19.8 Å². The molecular formula is C12H21N3O2S. The maximum absolute atomic E-state index is 12.4. The van der Waals surface area contributed by atoms with Crippen LogP contribution in [0.15, 0.2) is 23.4 Å². The number of hydrogen-bond acceptors (Lipinski definition) is 3. The van der Waals surface area contributed by atoms with Crippen LogP contribution >= 0.6 is 0 Å². The summed E-state index contributed by atoms with van der Waals surface area (Å²) < 4.78 is 28.2. The van der Waals surface area contributed by atoms with Crippen LogP contribution in [0.2, 0.25) is 0 Å². The summed E-state index contributed by atoms with van der Waals surface area (Å²) in [4.78, 5) is 0.371. The molecule has 2 unspecified atom stereocenters. The van der Waals surface area contributed by atoms with Gasteiger partial charge in [-0.05, 0) is 18.4 Å². The second kappa shape index (κ2) is 5.03. The molecule has 1 aromatic heterocycles. The Kier molecular flexibility index (Phi) is 3.79. The maximum Gasteiger partial charge on any atom is 0.244 e. The maximum atomic E-state index is 12.4. The van der Waals surface area contributed by atoms with Gasteiger partial charge in [-0.15, -0.1) is 0 Å². The molecule has 2 heterocycles. The molecule has 0 radical (unpaired) electrons. The third-order valence-corrected chi connectivity index (χ3v) is 5.57. The van der Waals surface area contributed by atoms with E-state index < -0.39 is 10.0 Å². The molecule has 6 heteroatoms. The van der Waals surface area contributed by atoms with Crippen LogP contribution in [0.3, 0.4) is 0 Å². The number of nitrogens with zero attached hydrogens (tertiary/aromatic N) is 2. The van der Waals surface area contributed by atoms with Gasteiger partial charge < -0.3 is 10.3 Å². The van der Waals surface area contributed by atoms with Gasteiger partial charge in [-0.1, -0.05) is 13.3 Å². The summed E-state index contributed by atoms with van der Waals surface area (Å²) in [5.74, 6) is 0.261. The molecule has 5 nitrogen and oxygen atoms in total. The molecule has 0 amide bonds. The number of aryl methyl sites for hydroxylation is 1. The van der Waals surface area contributed by atoms with E-state index in [1.165, 1.54) is 0 Å². The fourth-order valence-electron chi connectivity index (χ4n) is 2.45. The van der Waals surface area contributed by atoms with Gasteiger partial charge in [0.2, 0.25) is 10.0 Å². The van der Waals surface area contributed by atoms with E-state index in [9.17, 15) is 8.42 Å². The lowest BCUT2D eigenvalue weighted by molar-refractivity contribution is 0.230. The first-order valence-corrected chi connectivity index (χ1v) is 7.77. The first-order valence-electron chi connectivity index (χ1n) is 6.33. The van der Waals surface area contributed by atoms with Crippen LogP contribution in [-0.4, -0.2) is 36.4 Å². The summed E-state index contributed by atoms with van der Waals surface area (Å²) in [6, 6.07) is 1.77. The van der Waals surface area contributed by atoms with E-state index in [0.717, 1.165) is 12.8 Å². The first-order chi connectivity index (χ1) is 8.45. The lowest BCUT2D eigenvalue weighted by Crippen LogP contribution is -2.48. The number of piperidine rings is 1. The molecule has 1 saturated heterocycles. The summed E-state index contributed by atoms with van der Waals surface area (Å²) in [5, 5.41) is 0. The van der Waals surface area contributed by atoms with Gasteiger partial charge in [0.25, 0.3) is 0 Å². The molecule has 1 aliphatic rings. The van der Waals surface area contributed by atoms with Crippen LogP contribution in [0.25, 0.3) is 0 Å². The third-order valence-electron chi connectivity index (χ3n) is 3.72. The number of sulfonamides is 1. The Balaban J connectivity index is 2.21. The Hall–Kier alpha value is -0.850. The second-order valence-corrected chi connectivity index (χ2v) is 6.93. The highest BCUT2D eigenvalue weighted by molar-refractivity contribution is 7.89. The van der Waals surface area contributed by atoms with Crippen molar-refractivity contribution >= 4 is 10.0 Å². The number of rotatable bonds is 3. The summed E-state index contributed by atoms with van der Waals surface area (Å²) in [7, 11) is -1.53. The second-order valence-electron chi connectivity index (χ2n) is 5.00. The van der Waals surface area contributed by atoms with E-state index in [4.69, 9.17) is 5.73 Å². The lowest BCUT2D eigenvalue weighted by Gasteiger charge is -2.35. The first kappa shape index (κ1) is 13.6. The summed E-state index contributed by atoms with van der Waals surface area (Å²) in [6.07, 6.45) is 5.05. The van der Waals surface area contributed by atoms with Crippen molar-refractivity contribution in [3.8, 4) is 0 Å². The monoisotopic (exact) mass is 271 g/mol. The van der Waals surface area contributed by atoms with Gasteiger partial charge in [-0.2, -0.15) is 4.31 Å². The van der Waals surface area contributed by atoms with Crippen molar-refractivity contribution in [3.05, 3.63) is 18.5 Å². The Morgan fingerprint density at radius 1 is 1.50 bits per heavy atom. The molecule has 1 fully saturated rings. The summed E-state index contributed by atoms with van der Waals surface area (Å²) >= 11 is 0. The Morgan fingerprint density at radius 2 is 2.22 bits per heavy atom. The minimum Gasteiger partial charge on any atom is -0.356 e. The zero-order valence-electron chi connectivity index (χ0n) is 10.9. The van der Waals surface area contributed by atoms with Crippen molar-refractivity contribution in [3.63, 3.8) is 0 Å². The lowest BCUT2D eigenvalue weighted by atomic mass is 9.92. The van der Waals surface area contributed by atoms with Gasteiger partial charge in [0.15, 0.2) is 0 Å². The molecule has 0 aromatic carbocycles. The molecule has 0 spiro atoms. The van der Waals surface area contributed by atoms with Crippen molar-refractivity contribution in [2.24, 2.45) is 18.7 Å². The summed E-state index contributed by atoms with van der Waals surface area (Å²) in [6.45, 7) is 3.12. The van der Waals surface area contributed by atoms with Crippen molar-refractivity contribution < 1.29 is 8.42 Å². The molecular weight excluding hydrogens is 250 g/mol. The third kappa shape index (κ3) is 2.46. The van der Waals surface area contributed by atoms with Crippen molar-refractivity contribution in [2.75, 3.05) is 13.1 Å². The van der Waals surface area contributed by atoms with Crippen LogP contribution in [0.5, 0.6) is 0 Å². The predicted molar refractivity (Wildman–Crippen MR) is 70.5 cm³/mol. The van der Waals surface area contributed by atoms with E-state index in [2.05, 4.69) is 6.92 Å². The number of nitrogens with two attached hydrogens (primary N) is 1. The van der Waals surface area contributed by atoms with E-state index in [-0.39, 0.29) is 12.0 Å². The molecule has 0 aliphatic carbocycles. The zero-order valence-corrected chi connectivity index (χ0v) is 11.7. The molecule has 0 saturated carbocycles. The van der Waals surface area contributed by atoms with Gasteiger partial charge >= 0.3 is 0 Å². The highest BCUT2D eigenvalue weighted by atomic mass is 32.2. The minimum absolute atomic E-state index is 0.122. The van der Waals surface area contributed by atoms with Crippen molar-refractivity contribution in [2.45, 2.75) is 30.7 Å². The molecule has 18 heavy (non-hydrogen) atoms.